The second-order valence-corrected chi connectivity index (χ2v) is 5.20. The molecule has 0 saturated heterocycles. The van der Waals surface area contributed by atoms with Gasteiger partial charge in [-0.25, -0.2) is 0 Å². The number of hydrogen-bond donors (Lipinski definition) is 1. The minimum atomic E-state index is 0.454. The van der Waals surface area contributed by atoms with Crippen LogP contribution in [-0.2, 0) is 13.2 Å². The second-order valence-electron chi connectivity index (χ2n) is 4.29. The van der Waals surface area contributed by atoms with Gasteiger partial charge in [0.2, 0.25) is 0 Å². The molecule has 0 radical (unpaired) electrons. The van der Waals surface area contributed by atoms with Gasteiger partial charge in [-0.1, -0.05) is 22.9 Å². The standard InChI is InChI=1S/C15H18BrNO2/c1-2-9-17-10-14-7-8-15(19-14)11-18-13-5-3-12(16)4-6-13/h3-8,17H,2,9-11H2,1H3. The molecule has 0 aliphatic heterocycles. The Morgan fingerprint density at radius 2 is 1.84 bits per heavy atom. The fourth-order valence-corrected chi connectivity index (χ4v) is 1.93. The molecule has 1 aromatic carbocycles. The molecule has 4 heteroatoms. The van der Waals surface area contributed by atoms with E-state index < -0.39 is 0 Å². The van der Waals surface area contributed by atoms with Crippen LogP contribution in [0.25, 0.3) is 0 Å². The SMILES string of the molecule is CCCNCc1ccc(COc2ccc(Br)cc2)o1. The summed E-state index contributed by atoms with van der Waals surface area (Å²) in [5.41, 5.74) is 0. The highest BCUT2D eigenvalue weighted by molar-refractivity contribution is 9.10. The summed E-state index contributed by atoms with van der Waals surface area (Å²) in [6, 6.07) is 11.7. The van der Waals surface area contributed by atoms with E-state index in [0.29, 0.717) is 6.61 Å². The zero-order chi connectivity index (χ0) is 13.5. The summed E-state index contributed by atoms with van der Waals surface area (Å²) < 4.78 is 12.4. The average Bonchev–Trinajstić information content (AvgIpc) is 2.86. The van der Waals surface area contributed by atoms with E-state index in [-0.39, 0.29) is 0 Å². The van der Waals surface area contributed by atoms with Crippen molar-refractivity contribution in [2.75, 3.05) is 6.54 Å². The van der Waals surface area contributed by atoms with Gasteiger partial charge in [0.05, 0.1) is 6.54 Å². The molecule has 102 valence electrons. The highest BCUT2D eigenvalue weighted by Gasteiger charge is 2.03. The van der Waals surface area contributed by atoms with Crippen molar-refractivity contribution in [2.45, 2.75) is 26.5 Å². The molecule has 0 amide bonds. The lowest BCUT2D eigenvalue weighted by molar-refractivity contribution is 0.265. The van der Waals surface area contributed by atoms with E-state index in [9.17, 15) is 0 Å². The molecular formula is C15H18BrNO2. The molecule has 0 saturated carbocycles. The molecule has 1 N–H and O–H groups in total. The summed E-state index contributed by atoms with van der Waals surface area (Å²) in [5, 5.41) is 3.30. The van der Waals surface area contributed by atoms with Gasteiger partial charge in [0.25, 0.3) is 0 Å². The van der Waals surface area contributed by atoms with E-state index >= 15 is 0 Å². The van der Waals surface area contributed by atoms with E-state index in [1.165, 1.54) is 0 Å². The van der Waals surface area contributed by atoms with Gasteiger partial charge in [-0.2, -0.15) is 0 Å². The second kappa shape index (κ2) is 7.36. The van der Waals surface area contributed by atoms with Gasteiger partial charge in [-0.05, 0) is 49.4 Å². The molecule has 0 fully saturated rings. The fraction of sp³-hybridized carbons (Fsp3) is 0.333. The van der Waals surface area contributed by atoms with E-state index in [1.54, 1.807) is 0 Å². The highest BCUT2D eigenvalue weighted by atomic mass is 79.9. The van der Waals surface area contributed by atoms with Crippen molar-refractivity contribution >= 4 is 15.9 Å². The van der Waals surface area contributed by atoms with Crippen LogP contribution >= 0.6 is 15.9 Å². The smallest absolute Gasteiger partial charge is 0.146 e. The molecule has 0 aliphatic rings. The van der Waals surface area contributed by atoms with Crippen LogP contribution in [0.1, 0.15) is 24.9 Å². The van der Waals surface area contributed by atoms with Crippen LogP contribution in [0.3, 0.4) is 0 Å². The van der Waals surface area contributed by atoms with Crippen LogP contribution in [0.2, 0.25) is 0 Å². The molecule has 19 heavy (non-hydrogen) atoms. The van der Waals surface area contributed by atoms with Gasteiger partial charge >= 0.3 is 0 Å². The van der Waals surface area contributed by atoms with E-state index in [1.807, 2.05) is 36.4 Å². The van der Waals surface area contributed by atoms with E-state index in [0.717, 1.165) is 41.3 Å². The Kier molecular flexibility index (Phi) is 5.48. The maximum absolute atomic E-state index is 5.68. The van der Waals surface area contributed by atoms with Crippen LogP contribution in [0.4, 0.5) is 0 Å². The van der Waals surface area contributed by atoms with Gasteiger partial charge in [-0.15, -0.1) is 0 Å². The lowest BCUT2D eigenvalue weighted by atomic mass is 10.3. The molecule has 0 unspecified atom stereocenters. The van der Waals surface area contributed by atoms with Crippen LogP contribution in [-0.4, -0.2) is 6.54 Å². The van der Waals surface area contributed by atoms with Crippen LogP contribution < -0.4 is 10.1 Å². The third kappa shape index (κ3) is 4.73. The lowest BCUT2D eigenvalue weighted by Gasteiger charge is -2.04. The van der Waals surface area contributed by atoms with Crippen LogP contribution in [0.5, 0.6) is 5.75 Å². The Morgan fingerprint density at radius 1 is 1.11 bits per heavy atom. The fourth-order valence-electron chi connectivity index (χ4n) is 1.67. The number of benzene rings is 1. The van der Waals surface area contributed by atoms with Crippen LogP contribution in [0, 0.1) is 0 Å². The minimum Gasteiger partial charge on any atom is -0.486 e. The Balaban J connectivity index is 1.81. The first kappa shape index (κ1) is 14.2. The molecular weight excluding hydrogens is 306 g/mol. The van der Waals surface area contributed by atoms with Gasteiger partial charge in [0.1, 0.15) is 23.9 Å². The first-order valence-corrected chi connectivity index (χ1v) is 7.24. The number of hydrogen-bond acceptors (Lipinski definition) is 3. The molecule has 0 aliphatic carbocycles. The van der Waals surface area contributed by atoms with Crippen LogP contribution in [0.15, 0.2) is 45.3 Å². The lowest BCUT2D eigenvalue weighted by Crippen LogP contribution is -2.13. The zero-order valence-corrected chi connectivity index (χ0v) is 12.6. The Morgan fingerprint density at radius 3 is 2.58 bits per heavy atom. The molecule has 2 aromatic rings. The first-order valence-electron chi connectivity index (χ1n) is 6.44. The largest absolute Gasteiger partial charge is 0.486 e. The average molecular weight is 324 g/mol. The van der Waals surface area contributed by atoms with Crippen molar-refractivity contribution < 1.29 is 9.15 Å². The minimum absolute atomic E-state index is 0.454. The number of furan rings is 1. The Labute approximate surface area is 122 Å². The van der Waals surface area contributed by atoms with Crippen molar-refractivity contribution in [1.82, 2.24) is 5.32 Å². The summed E-state index contributed by atoms with van der Waals surface area (Å²) in [4.78, 5) is 0. The molecule has 0 spiro atoms. The van der Waals surface area contributed by atoms with Crippen molar-refractivity contribution in [1.29, 1.82) is 0 Å². The molecule has 1 aromatic heterocycles. The molecule has 0 atom stereocenters. The monoisotopic (exact) mass is 323 g/mol. The summed E-state index contributed by atoms with van der Waals surface area (Å²) in [6.45, 7) is 4.37. The first-order chi connectivity index (χ1) is 9.28. The van der Waals surface area contributed by atoms with Gasteiger partial charge in [-0.3, -0.25) is 0 Å². The van der Waals surface area contributed by atoms with Gasteiger partial charge in [0.15, 0.2) is 0 Å². The predicted octanol–water partition coefficient (Wildman–Crippen LogP) is 4.12. The number of rotatable bonds is 7. The maximum atomic E-state index is 5.68. The third-order valence-corrected chi connectivity index (χ3v) is 3.17. The maximum Gasteiger partial charge on any atom is 0.146 e. The molecule has 2 rings (SSSR count). The normalized spacial score (nSPS) is 10.6. The highest BCUT2D eigenvalue weighted by Crippen LogP contribution is 2.18. The molecule has 0 bridgehead atoms. The van der Waals surface area contributed by atoms with Gasteiger partial charge in [0, 0.05) is 4.47 Å². The van der Waals surface area contributed by atoms with Crippen molar-refractivity contribution in [3.8, 4) is 5.75 Å². The number of ether oxygens (including phenoxy) is 1. The topological polar surface area (TPSA) is 34.4 Å². The zero-order valence-electron chi connectivity index (χ0n) is 11.0. The summed E-state index contributed by atoms with van der Waals surface area (Å²) in [6.07, 6.45) is 1.13. The third-order valence-electron chi connectivity index (χ3n) is 2.64. The Hall–Kier alpha value is -1.26. The summed E-state index contributed by atoms with van der Waals surface area (Å²) in [7, 11) is 0. The van der Waals surface area contributed by atoms with E-state index in [2.05, 4.69) is 28.2 Å². The summed E-state index contributed by atoms with van der Waals surface area (Å²) >= 11 is 3.39. The van der Waals surface area contributed by atoms with Gasteiger partial charge < -0.3 is 14.5 Å². The number of nitrogens with one attached hydrogen (secondary N) is 1. The Bertz CT molecular complexity index is 493. The molecule has 1 heterocycles. The van der Waals surface area contributed by atoms with Crippen molar-refractivity contribution in [2.24, 2.45) is 0 Å². The van der Waals surface area contributed by atoms with Crippen molar-refractivity contribution in [3.63, 3.8) is 0 Å². The molecule has 3 nitrogen and oxygen atoms in total. The van der Waals surface area contributed by atoms with E-state index in [4.69, 9.17) is 9.15 Å². The number of halogens is 1. The summed E-state index contributed by atoms with van der Waals surface area (Å²) in [5.74, 6) is 2.63. The quantitative estimate of drug-likeness (QED) is 0.778. The van der Waals surface area contributed by atoms with Crippen molar-refractivity contribution in [3.05, 3.63) is 52.4 Å². The predicted molar refractivity (Wildman–Crippen MR) is 79.2 cm³/mol.